The third-order valence-electron chi connectivity index (χ3n) is 7.68. The molecule has 2 heterocycles. The molecule has 6 nitrogen and oxygen atoms in total. The van der Waals surface area contributed by atoms with Crippen LogP contribution in [0, 0.1) is 11.6 Å². The number of rotatable bonds is 10. The summed E-state index contributed by atoms with van der Waals surface area (Å²) < 4.78 is 49.5. The zero-order valence-corrected chi connectivity index (χ0v) is 26.9. The van der Waals surface area contributed by atoms with Gasteiger partial charge in [-0.2, -0.15) is 5.10 Å². The maximum atomic E-state index is 16.5. The number of nitrogens with zero attached hydrogens (tertiary/aromatic N) is 2. The molecule has 0 amide bonds. The molecule has 0 radical (unpaired) electrons. The molecular formula is C36H39ClF2N2O4. The van der Waals surface area contributed by atoms with E-state index in [2.05, 4.69) is 5.10 Å². The number of allylic oxidation sites excluding steroid dienone is 1. The number of carbonyl (C=O) groups excluding carboxylic acids is 1. The summed E-state index contributed by atoms with van der Waals surface area (Å²) in [7, 11) is 0. The highest BCUT2D eigenvalue weighted by Crippen LogP contribution is 2.40. The van der Waals surface area contributed by atoms with Crippen LogP contribution in [0.3, 0.4) is 0 Å². The van der Waals surface area contributed by atoms with Gasteiger partial charge in [0.1, 0.15) is 23.0 Å². The van der Waals surface area contributed by atoms with Gasteiger partial charge < -0.3 is 14.2 Å². The van der Waals surface area contributed by atoms with Gasteiger partial charge in [0.15, 0.2) is 6.23 Å². The van der Waals surface area contributed by atoms with Crippen molar-refractivity contribution in [1.82, 2.24) is 9.78 Å². The van der Waals surface area contributed by atoms with Gasteiger partial charge >= 0.3 is 5.97 Å². The topological polar surface area (TPSA) is 62.6 Å². The monoisotopic (exact) mass is 636 g/mol. The predicted octanol–water partition coefficient (Wildman–Crippen LogP) is 9.54. The Morgan fingerprint density at radius 2 is 1.82 bits per heavy atom. The fourth-order valence-corrected chi connectivity index (χ4v) is 5.95. The van der Waals surface area contributed by atoms with Crippen molar-refractivity contribution in [3.63, 3.8) is 0 Å². The third kappa shape index (κ3) is 7.74. The maximum Gasteiger partial charge on any atom is 0.306 e. The zero-order valence-electron chi connectivity index (χ0n) is 26.2. The van der Waals surface area contributed by atoms with E-state index in [1.54, 1.807) is 23.0 Å². The van der Waals surface area contributed by atoms with E-state index in [0.717, 1.165) is 30.4 Å². The van der Waals surface area contributed by atoms with Gasteiger partial charge in [-0.25, -0.2) is 13.5 Å². The van der Waals surface area contributed by atoms with E-state index in [1.807, 2.05) is 58.0 Å². The molecule has 5 rings (SSSR count). The van der Waals surface area contributed by atoms with E-state index in [-0.39, 0.29) is 23.6 Å². The minimum absolute atomic E-state index is 0.225. The Morgan fingerprint density at radius 3 is 2.49 bits per heavy atom. The molecule has 0 N–H and O–H groups in total. The van der Waals surface area contributed by atoms with Crippen molar-refractivity contribution >= 4 is 39.6 Å². The average Bonchev–Trinajstić information content (AvgIpc) is 3.44. The molecule has 3 aromatic carbocycles. The standard InChI is InChI=1S/C36H39ClF2N2O4/c1-5-26(27-16-13-24(38)21-30(27)37)34(23-11-14-25(15-12-23)43-20-8-10-33(42)45-36(2,3)4)28-17-18-31-29(35(28)39)22-40-41(31)32-9-6-7-19-44-32/h11-18,21-22,32H,5-10,19-20H2,1-4H3/b34-26+. The van der Waals surface area contributed by atoms with Crippen molar-refractivity contribution in [3.8, 4) is 5.75 Å². The first-order valence-corrected chi connectivity index (χ1v) is 15.8. The molecule has 4 aromatic rings. The molecule has 1 saturated heterocycles. The van der Waals surface area contributed by atoms with Crippen molar-refractivity contribution < 1.29 is 27.8 Å². The van der Waals surface area contributed by atoms with Crippen molar-refractivity contribution in [2.45, 2.75) is 78.0 Å². The predicted molar refractivity (Wildman–Crippen MR) is 173 cm³/mol. The Balaban J connectivity index is 1.49. The quantitative estimate of drug-likeness (QED) is 0.0985. The Kier molecular flexibility index (Phi) is 10.2. The molecule has 45 heavy (non-hydrogen) atoms. The van der Waals surface area contributed by atoms with Crippen LogP contribution >= 0.6 is 11.6 Å². The second-order valence-electron chi connectivity index (χ2n) is 12.2. The number of hydrogen-bond acceptors (Lipinski definition) is 5. The van der Waals surface area contributed by atoms with E-state index in [4.69, 9.17) is 25.8 Å². The van der Waals surface area contributed by atoms with Crippen LogP contribution in [-0.2, 0) is 14.3 Å². The number of ether oxygens (including phenoxy) is 3. The maximum absolute atomic E-state index is 16.5. The number of fused-ring (bicyclic) bond motifs is 1. The van der Waals surface area contributed by atoms with Crippen molar-refractivity contribution in [2.75, 3.05) is 13.2 Å². The first-order chi connectivity index (χ1) is 21.6. The van der Waals surface area contributed by atoms with E-state index in [9.17, 15) is 9.18 Å². The van der Waals surface area contributed by atoms with Crippen LogP contribution < -0.4 is 4.74 Å². The van der Waals surface area contributed by atoms with E-state index < -0.39 is 17.2 Å². The van der Waals surface area contributed by atoms with E-state index in [1.165, 1.54) is 12.1 Å². The second kappa shape index (κ2) is 14.1. The molecule has 1 aromatic heterocycles. The van der Waals surface area contributed by atoms with Gasteiger partial charge in [0.05, 0.1) is 28.7 Å². The van der Waals surface area contributed by atoms with Crippen LogP contribution in [0.1, 0.15) is 89.1 Å². The summed E-state index contributed by atoms with van der Waals surface area (Å²) in [5.41, 5.74) is 3.31. The molecule has 1 unspecified atom stereocenters. The highest BCUT2D eigenvalue weighted by Gasteiger charge is 2.24. The number of esters is 1. The number of benzene rings is 3. The van der Waals surface area contributed by atoms with Crippen LogP contribution in [0.5, 0.6) is 5.75 Å². The van der Waals surface area contributed by atoms with Gasteiger partial charge in [0.2, 0.25) is 0 Å². The fraction of sp³-hybridized carbons (Fsp3) is 0.389. The lowest BCUT2D eigenvalue weighted by atomic mass is 9.87. The summed E-state index contributed by atoms with van der Waals surface area (Å²) in [4.78, 5) is 12.0. The van der Waals surface area contributed by atoms with Crippen LogP contribution in [0.25, 0.3) is 22.0 Å². The van der Waals surface area contributed by atoms with Gasteiger partial charge in [-0.05, 0) is 112 Å². The van der Waals surface area contributed by atoms with Crippen molar-refractivity contribution in [3.05, 3.63) is 94.1 Å². The first kappa shape index (κ1) is 32.6. The summed E-state index contributed by atoms with van der Waals surface area (Å²) in [5.74, 6) is -0.501. The molecular weight excluding hydrogens is 598 g/mol. The Labute approximate surface area is 267 Å². The second-order valence-corrected chi connectivity index (χ2v) is 12.6. The Bertz CT molecular complexity index is 1690. The molecule has 0 saturated carbocycles. The van der Waals surface area contributed by atoms with Gasteiger partial charge in [0.25, 0.3) is 0 Å². The van der Waals surface area contributed by atoms with E-state index >= 15 is 4.39 Å². The lowest BCUT2D eigenvalue weighted by Gasteiger charge is -2.23. The molecule has 1 atom stereocenters. The van der Waals surface area contributed by atoms with Crippen molar-refractivity contribution in [1.29, 1.82) is 0 Å². The molecule has 0 spiro atoms. The van der Waals surface area contributed by atoms with Crippen molar-refractivity contribution in [2.24, 2.45) is 0 Å². The molecule has 1 aliphatic heterocycles. The zero-order chi connectivity index (χ0) is 32.1. The van der Waals surface area contributed by atoms with Crippen LogP contribution in [0.15, 0.2) is 60.8 Å². The fourth-order valence-electron chi connectivity index (χ4n) is 5.67. The minimum atomic E-state index is -0.525. The van der Waals surface area contributed by atoms with Crippen LogP contribution in [-0.4, -0.2) is 34.6 Å². The van der Waals surface area contributed by atoms with Gasteiger partial charge in [-0.1, -0.05) is 36.7 Å². The number of halogens is 3. The largest absolute Gasteiger partial charge is 0.494 e. The molecule has 0 bridgehead atoms. The number of carbonyl (C=O) groups is 1. The number of aromatic nitrogens is 2. The lowest BCUT2D eigenvalue weighted by Crippen LogP contribution is -2.23. The highest BCUT2D eigenvalue weighted by atomic mass is 35.5. The number of hydrogen-bond donors (Lipinski definition) is 0. The van der Waals surface area contributed by atoms with Crippen LogP contribution in [0.2, 0.25) is 5.02 Å². The minimum Gasteiger partial charge on any atom is -0.494 e. The molecule has 1 aliphatic rings. The summed E-state index contributed by atoms with van der Waals surface area (Å²) in [6, 6.07) is 15.3. The molecule has 1 fully saturated rings. The summed E-state index contributed by atoms with van der Waals surface area (Å²) in [6.45, 7) is 8.47. The molecule has 0 aliphatic carbocycles. The summed E-state index contributed by atoms with van der Waals surface area (Å²) >= 11 is 6.55. The Hall–Kier alpha value is -3.75. The summed E-state index contributed by atoms with van der Waals surface area (Å²) in [6.07, 6.45) is 5.46. The van der Waals surface area contributed by atoms with E-state index in [0.29, 0.717) is 59.4 Å². The summed E-state index contributed by atoms with van der Waals surface area (Å²) in [5, 5.41) is 5.14. The highest BCUT2D eigenvalue weighted by molar-refractivity contribution is 6.32. The third-order valence-corrected chi connectivity index (χ3v) is 7.99. The first-order valence-electron chi connectivity index (χ1n) is 15.5. The smallest absolute Gasteiger partial charge is 0.306 e. The molecule has 238 valence electrons. The van der Waals surface area contributed by atoms with Gasteiger partial charge in [0, 0.05) is 18.6 Å². The SMILES string of the molecule is CC/C(=C(/c1ccc(OCCCC(=O)OC(C)(C)C)cc1)c1ccc2c(cnn2C2CCCCO2)c1F)c1ccc(F)cc1Cl. The normalized spacial score (nSPS) is 16.0. The van der Waals surface area contributed by atoms with Crippen LogP contribution in [0.4, 0.5) is 8.78 Å². The Morgan fingerprint density at radius 1 is 1.07 bits per heavy atom. The lowest BCUT2D eigenvalue weighted by molar-refractivity contribution is -0.155. The van der Waals surface area contributed by atoms with Gasteiger partial charge in [-0.3, -0.25) is 4.79 Å². The molecule has 9 heteroatoms. The average molecular weight is 637 g/mol. The van der Waals surface area contributed by atoms with Gasteiger partial charge in [-0.15, -0.1) is 0 Å².